The number of hydrogen-bond acceptors (Lipinski definition) is 7. The molecule has 0 radical (unpaired) electrons. The van der Waals surface area contributed by atoms with Crippen molar-refractivity contribution in [2.75, 3.05) is 5.32 Å². The second-order valence-electron chi connectivity index (χ2n) is 9.01. The van der Waals surface area contributed by atoms with Crippen molar-refractivity contribution in [2.24, 2.45) is 11.1 Å². The van der Waals surface area contributed by atoms with Crippen molar-refractivity contribution >= 4 is 17.5 Å². The second kappa shape index (κ2) is 7.46. The van der Waals surface area contributed by atoms with Gasteiger partial charge in [-0.15, -0.1) is 0 Å². The first-order valence-electron chi connectivity index (χ1n) is 10.5. The fraction of sp³-hybridized carbons (Fsp3) is 0.571. The predicted molar refractivity (Wildman–Crippen MR) is 111 cm³/mol. The number of carbonyl (C=O) groups is 2. The summed E-state index contributed by atoms with van der Waals surface area (Å²) in [5, 5.41) is 18.0. The van der Waals surface area contributed by atoms with E-state index in [1.165, 1.54) is 6.20 Å². The van der Waals surface area contributed by atoms with Crippen molar-refractivity contribution in [3.05, 3.63) is 28.8 Å². The van der Waals surface area contributed by atoms with Crippen molar-refractivity contribution in [2.45, 2.75) is 71.4 Å². The van der Waals surface area contributed by atoms with E-state index in [1.807, 2.05) is 6.92 Å². The van der Waals surface area contributed by atoms with Crippen molar-refractivity contribution in [1.82, 2.24) is 19.7 Å². The predicted octanol–water partition coefficient (Wildman–Crippen LogP) is 1.80. The molecule has 4 rings (SSSR count). The summed E-state index contributed by atoms with van der Waals surface area (Å²) in [5.74, 6) is 0.0432. The summed E-state index contributed by atoms with van der Waals surface area (Å²) >= 11 is 0. The van der Waals surface area contributed by atoms with E-state index in [2.05, 4.69) is 34.2 Å². The van der Waals surface area contributed by atoms with Gasteiger partial charge in [-0.25, -0.2) is 14.6 Å². The van der Waals surface area contributed by atoms with Crippen molar-refractivity contribution in [3.63, 3.8) is 0 Å². The summed E-state index contributed by atoms with van der Waals surface area (Å²) < 4.78 is 1.67. The Hall–Kier alpha value is -2.81. The minimum absolute atomic E-state index is 0.0194. The third kappa shape index (κ3) is 3.58. The molecule has 4 N–H and O–H groups in total. The van der Waals surface area contributed by atoms with Gasteiger partial charge in [-0.2, -0.15) is 5.10 Å². The average Bonchev–Trinajstić information content (AvgIpc) is 3.24. The molecule has 1 saturated carbocycles. The quantitative estimate of drug-likeness (QED) is 0.681. The minimum atomic E-state index is -0.697. The molecule has 2 heterocycles. The number of hydrogen-bond donors (Lipinski definition) is 3. The van der Waals surface area contributed by atoms with Crippen molar-refractivity contribution < 1.29 is 14.7 Å². The Morgan fingerprint density at radius 1 is 1.37 bits per heavy atom. The number of aryl methyl sites for hydroxylation is 1. The highest BCUT2D eigenvalue weighted by Gasteiger charge is 2.37. The van der Waals surface area contributed by atoms with E-state index in [0.29, 0.717) is 37.1 Å². The summed E-state index contributed by atoms with van der Waals surface area (Å²) in [4.78, 5) is 33.5. The Kier molecular flexibility index (Phi) is 5.09. The Labute approximate surface area is 175 Å². The zero-order valence-corrected chi connectivity index (χ0v) is 17.6. The van der Waals surface area contributed by atoms with E-state index in [1.54, 1.807) is 4.68 Å². The highest BCUT2D eigenvalue weighted by molar-refractivity contribution is 6.00. The lowest BCUT2D eigenvalue weighted by Crippen LogP contribution is -2.31. The number of Topliss-reactive ketones (excluding diaryl/α,β-unsaturated/α-hetero) is 1. The Balaban J connectivity index is 1.80. The highest BCUT2D eigenvalue weighted by atomic mass is 16.3. The van der Waals surface area contributed by atoms with Crippen LogP contribution in [0.1, 0.15) is 78.7 Å². The zero-order valence-electron chi connectivity index (χ0n) is 17.6. The molecule has 0 aromatic carbocycles. The van der Waals surface area contributed by atoms with Gasteiger partial charge < -0.3 is 16.2 Å². The average molecular weight is 412 g/mol. The molecule has 2 aromatic heterocycles. The van der Waals surface area contributed by atoms with E-state index in [9.17, 15) is 14.7 Å². The van der Waals surface area contributed by atoms with Crippen LogP contribution in [0.4, 0.5) is 5.82 Å². The van der Waals surface area contributed by atoms with Gasteiger partial charge in [-0.3, -0.25) is 9.59 Å². The molecule has 1 amide bonds. The topological polar surface area (TPSA) is 136 Å². The largest absolute Gasteiger partial charge is 0.391 e. The van der Waals surface area contributed by atoms with Gasteiger partial charge in [0.25, 0.3) is 5.91 Å². The fourth-order valence-corrected chi connectivity index (χ4v) is 4.51. The normalized spacial score (nSPS) is 22.7. The van der Waals surface area contributed by atoms with E-state index in [0.717, 1.165) is 24.2 Å². The molecule has 160 valence electrons. The molecule has 30 heavy (non-hydrogen) atoms. The number of anilines is 1. The number of amides is 1. The molecular weight excluding hydrogens is 384 g/mol. The van der Waals surface area contributed by atoms with Crippen LogP contribution in [0.5, 0.6) is 0 Å². The van der Waals surface area contributed by atoms with Gasteiger partial charge >= 0.3 is 0 Å². The lowest BCUT2D eigenvalue weighted by Gasteiger charge is -2.29. The summed E-state index contributed by atoms with van der Waals surface area (Å²) in [6.45, 7) is 6.09. The fourth-order valence-electron chi connectivity index (χ4n) is 4.51. The third-order valence-corrected chi connectivity index (χ3v) is 5.96. The molecule has 9 nitrogen and oxygen atoms in total. The molecule has 2 aliphatic rings. The van der Waals surface area contributed by atoms with Crippen LogP contribution in [0.25, 0.3) is 5.82 Å². The standard InChI is InChI=1S/C21H28N6O3/c1-4-11-17-13(8-21(2,3)9-15(17)29)27(26-11)16-10-23-18(19(22)30)20(25-16)24-12-6-5-7-14(12)28/h10,12,14,28H,4-9H2,1-3H3,(H2,22,30)(H,24,25). The summed E-state index contributed by atoms with van der Waals surface area (Å²) in [6, 6.07) is -0.217. The maximum Gasteiger partial charge on any atom is 0.271 e. The van der Waals surface area contributed by atoms with Gasteiger partial charge in [0.15, 0.2) is 23.1 Å². The smallest absolute Gasteiger partial charge is 0.271 e. The van der Waals surface area contributed by atoms with Crippen LogP contribution in [0.15, 0.2) is 6.20 Å². The second-order valence-corrected chi connectivity index (χ2v) is 9.01. The minimum Gasteiger partial charge on any atom is -0.391 e. The maximum atomic E-state index is 12.8. The number of rotatable bonds is 5. The lowest BCUT2D eigenvalue weighted by atomic mass is 9.75. The van der Waals surface area contributed by atoms with E-state index in [4.69, 9.17) is 5.73 Å². The van der Waals surface area contributed by atoms with Crippen LogP contribution in [-0.4, -0.2) is 48.7 Å². The number of aliphatic hydroxyl groups excluding tert-OH is 1. The number of fused-ring (bicyclic) bond motifs is 1. The van der Waals surface area contributed by atoms with Crippen molar-refractivity contribution in [1.29, 1.82) is 0 Å². The van der Waals surface area contributed by atoms with Gasteiger partial charge in [0, 0.05) is 6.42 Å². The number of aromatic nitrogens is 4. The maximum absolute atomic E-state index is 12.8. The summed E-state index contributed by atoms with van der Waals surface area (Å²) in [6.07, 6.45) is 5.09. The molecule has 2 aromatic rings. The number of carbonyl (C=O) groups excluding carboxylic acids is 2. The molecular formula is C21H28N6O3. The van der Waals surface area contributed by atoms with Gasteiger partial charge in [0.1, 0.15) is 0 Å². The molecule has 2 atom stereocenters. The first-order chi connectivity index (χ1) is 14.2. The molecule has 2 aliphatic carbocycles. The monoisotopic (exact) mass is 412 g/mol. The van der Waals surface area contributed by atoms with E-state index < -0.39 is 12.0 Å². The van der Waals surface area contributed by atoms with Gasteiger partial charge in [0.05, 0.1) is 35.3 Å². The number of nitrogens with two attached hydrogens (primary N) is 1. The van der Waals surface area contributed by atoms with Gasteiger partial charge in [-0.1, -0.05) is 20.8 Å². The lowest BCUT2D eigenvalue weighted by molar-refractivity contribution is 0.0909. The Morgan fingerprint density at radius 2 is 2.13 bits per heavy atom. The molecule has 0 spiro atoms. The molecule has 0 aliphatic heterocycles. The van der Waals surface area contributed by atoms with Crippen LogP contribution in [-0.2, 0) is 12.8 Å². The number of ketones is 1. The van der Waals surface area contributed by atoms with Crippen LogP contribution in [0.2, 0.25) is 0 Å². The molecule has 1 fully saturated rings. The number of nitrogens with zero attached hydrogens (tertiary/aromatic N) is 4. The third-order valence-electron chi connectivity index (χ3n) is 5.96. The Bertz CT molecular complexity index is 1010. The van der Waals surface area contributed by atoms with Crippen LogP contribution in [0, 0.1) is 5.41 Å². The first kappa shape index (κ1) is 20.5. The molecule has 9 heteroatoms. The SMILES string of the molecule is CCc1nn(-c2cnc(C(N)=O)c(NC3CCCC3O)n2)c2c1C(=O)CC(C)(C)C2. The summed E-state index contributed by atoms with van der Waals surface area (Å²) in [5.41, 5.74) is 7.57. The van der Waals surface area contributed by atoms with E-state index in [-0.39, 0.29) is 28.8 Å². The van der Waals surface area contributed by atoms with E-state index >= 15 is 0 Å². The number of primary amides is 1. The molecule has 0 saturated heterocycles. The molecule has 0 bridgehead atoms. The van der Waals surface area contributed by atoms with Crippen molar-refractivity contribution in [3.8, 4) is 5.82 Å². The van der Waals surface area contributed by atoms with Gasteiger partial charge in [0.2, 0.25) is 0 Å². The zero-order chi connectivity index (χ0) is 21.6. The van der Waals surface area contributed by atoms with Crippen LogP contribution in [0.3, 0.4) is 0 Å². The van der Waals surface area contributed by atoms with Gasteiger partial charge in [-0.05, 0) is 37.5 Å². The van der Waals surface area contributed by atoms with Crippen LogP contribution < -0.4 is 11.1 Å². The summed E-state index contributed by atoms with van der Waals surface area (Å²) in [7, 11) is 0. The highest BCUT2D eigenvalue weighted by Crippen LogP contribution is 2.37. The number of nitrogens with one attached hydrogen (secondary N) is 1. The Morgan fingerprint density at radius 3 is 2.77 bits per heavy atom. The van der Waals surface area contributed by atoms with Crippen LogP contribution >= 0.6 is 0 Å². The number of aliphatic hydroxyl groups is 1. The molecule has 2 unspecified atom stereocenters. The first-order valence-corrected chi connectivity index (χ1v) is 10.5.